The molecule has 6 unspecified atom stereocenters. The van der Waals surface area contributed by atoms with Crippen molar-refractivity contribution in [2.75, 3.05) is 153 Å². The van der Waals surface area contributed by atoms with Crippen LogP contribution in [-0.4, -0.2) is 282 Å². The van der Waals surface area contributed by atoms with Crippen molar-refractivity contribution in [3.63, 3.8) is 0 Å². The largest absolute Gasteiger partial charge is 0.385 e. The SMILES string of the molecule is CCCCCCNC(=O)CC(NC(=O)CC(NC(=O)C(CC(=O)NCCOC(C)(C)CCOC(C)(C)CCOC)NC(=O)CC(NC)C(=O)NCCOC(C)(C)CCOC(C)(C)CCOC)C(=O)NCCCCCC)C(=O)NC(CC(=O)NC(CC(=O)NCCNCCN)C(=O)CNCCCC)C(=O)NCCNCCN. The molecule has 0 aliphatic heterocycles. The Balaban J connectivity index is 7.49. The molecule has 0 aliphatic carbocycles. The number of hydrogen-bond donors (Lipinski definition) is 17. The molecule has 35 nitrogen and oxygen atoms in total. The highest BCUT2D eigenvalue weighted by molar-refractivity contribution is 6.00. The van der Waals surface area contributed by atoms with Crippen LogP contribution in [-0.2, 0) is 86.0 Å². The minimum Gasteiger partial charge on any atom is -0.385 e. The summed E-state index contributed by atoms with van der Waals surface area (Å²) in [5.74, 6) is -9.98. The van der Waals surface area contributed by atoms with Crippen LogP contribution in [0.1, 0.15) is 205 Å². The first-order valence-electron chi connectivity index (χ1n) is 40.0. The number of nitrogens with one attached hydrogen (secondary N) is 15. The Morgan fingerprint density at radius 2 is 0.631 bits per heavy atom. The van der Waals surface area contributed by atoms with E-state index < -0.39 is 168 Å². The van der Waals surface area contributed by atoms with E-state index in [0.29, 0.717) is 97.7 Å². The average Bonchev–Trinajstić information content (AvgIpc) is 0.835. The lowest BCUT2D eigenvalue weighted by molar-refractivity contribution is -0.137. The lowest BCUT2D eigenvalue weighted by Gasteiger charge is -2.30. The highest BCUT2D eigenvalue weighted by atomic mass is 16.5. The van der Waals surface area contributed by atoms with Crippen LogP contribution in [0.3, 0.4) is 0 Å². The Kier molecular flexibility index (Phi) is 58.1. The maximum atomic E-state index is 14.8. The van der Waals surface area contributed by atoms with E-state index in [9.17, 15) is 57.5 Å². The second kappa shape index (κ2) is 61.8. The van der Waals surface area contributed by atoms with Crippen molar-refractivity contribution in [3.8, 4) is 0 Å². The monoisotopic (exact) mass is 1590 g/mol. The molecule has 0 rings (SSSR count). The van der Waals surface area contributed by atoms with E-state index in [1.54, 1.807) is 14.2 Å². The number of amides is 11. The highest BCUT2D eigenvalue weighted by Gasteiger charge is 2.36. The summed E-state index contributed by atoms with van der Waals surface area (Å²) in [5, 5.41) is 40.9. The van der Waals surface area contributed by atoms with Gasteiger partial charge in [-0.3, -0.25) is 57.5 Å². The van der Waals surface area contributed by atoms with Gasteiger partial charge in [0.2, 0.25) is 65.0 Å². The van der Waals surface area contributed by atoms with Gasteiger partial charge in [0.25, 0.3) is 0 Å². The molecule has 35 heteroatoms. The Bertz CT molecular complexity index is 2680. The third-order valence-electron chi connectivity index (χ3n) is 17.9. The molecule has 0 heterocycles. The number of rotatable bonds is 71. The Hall–Kier alpha value is -6.64. The predicted octanol–water partition coefficient (Wildman–Crippen LogP) is -0.714. The maximum Gasteiger partial charge on any atom is 0.243 e. The molecule has 19 N–H and O–H groups in total. The van der Waals surface area contributed by atoms with Gasteiger partial charge < -0.3 is 120 Å². The molecule has 0 aromatic rings. The van der Waals surface area contributed by atoms with E-state index >= 15 is 0 Å². The number of ether oxygens (including phenoxy) is 6. The first-order chi connectivity index (χ1) is 52.7. The number of carbonyl (C=O) groups excluding carboxylic acids is 12. The van der Waals surface area contributed by atoms with Crippen LogP contribution in [0.4, 0.5) is 0 Å². The van der Waals surface area contributed by atoms with Crippen LogP contribution in [0.2, 0.25) is 0 Å². The Morgan fingerprint density at radius 3 is 1.05 bits per heavy atom. The van der Waals surface area contributed by atoms with Gasteiger partial charge in [-0.05, 0) is 114 Å². The molecule has 644 valence electrons. The minimum atomic E-state index is -1.82. The maximum absolute atomic E-state index is 14.8. The summed E-state index contributed by atoms with van der Waals surface area (Å²) < 4.78 is 34.8. The second-order valence-corrected chi connectivity index (χ2v) is 30.1. The summed E-state index contributed by atoms with van der Waals surface area (Å²) in [6.07, 6.45) is 5.88. The molecular formula is C76H147N17O18. The number of likely N-dealkylation sites (N-methyl/N-ethyl adjacent to an activating group) is 1. The molecular weight excluding hydrogens is 1440 g/mol. The smallest absolute Gasteiger partial charge is 0.243 e. The van der Waals surface area contributed by atoms with E-state index in [4.69, 9.17) is 39.9 Å². The molecule has 0 aromatic carbocycles. The van der Waals surface area contributed by atoms with E-state index in [2.05, 4.69) is 79.8 Å². The standard InChI is InChI=1S/C76H147N17O18/c1-15-18-21-23-32-83-63(96)50-59(71(104)93-58(70(103)87-39-37-81-35-30-78)52-66(99)89-55(61(94)54-82-31-20-17-3)48-62(95)84-38-36-80-34-29-77)91-67(100)53-57(69(102)86-33-24-22-19-16-2)92-72(105)60(51-64(97)85-40-46-110-75(8,9)27-44-108-73(4,5)25-42-106-13)90-65(98)49-56(79-12)68(101)88-41-47-111-76(10,11)28-45-109-74(6,7)26-43-107-14/h55-60,79-82H,15-54,77-78H2,1-14H3,(H,83,96)(H,84,95)(H,85,97)(H,86,102)(H,87,103)(H,88,101)(H,89,99)(H,90,98)(H,91,100)(H,92,105)(H,93,104). The molecule has 0 aliphatic rings. The molecule has 6 atom stereocenters. The number of ketones is 1. The van der Waals surface area contributed by atoms with Crippen LogP contribution < -0.4 is 91.2 Å². The highest BCUT2D eigenvalue weighted by Crippen LogP contribution is 2.21. The zero-order valence-electron chi connectivity index (χ0n) is 69.8. The van der Waals surface area contributed by atoms with Crippen molar-refractivity contribution in [1.82, 2.24) is 79.8 Å². The van der Waals surface area contributed by atoms with Crippen LogP contribution in [0.5, 0.6) is 0 Å². The van der Waals surface area contributed by atoms with Crippen LogP contribution >= 0.6 is 0 Å². The molecule has 0 saturated heterocycles. The van der Waals surface area contributed by atoms with Gasteiger partial charge in [0.15, 0.2) is 5.78 Å². The summed E-state index contributed by atoms with van der Waals surface area (Å²) in [7, 11) is 4.71. The predicted molar refractivity (Wildman–Crippen MR) is 426 cm³/mol. The molecule has 0 bridgehead atoms. The Labute approximate surface area is 661 Å². The van der Waals surface area contributed by atoms with Crippen molar-refractivity contribution in [1.29, 1.82) is 0 Å². The van der Waals surface area contributed by atoms with E-state index in [1.807, 2.05) is 76.2 Å². The fraction of sp³-hybridized carbons (Fsp3) is 0.842. The number of methoxy groups -OCH3 is 2. The number of unbranched alkanes of at least 4 members (excludes halogenated alkanes) is 7. The second-order valence-electron chi connectivity index (χ2n) is 30.1. The lowest BCUT2D eigenvalue weighted by Crippen LogP contribution is -2.58. The number of carbonyl (C=O) groups is 12. The fourth-order valence-electron chi connectivity index (χ4n) is 10.8. The zero-order valence-corrected chi connectivity index (χ0v) is 69.8. The molecule has 11 amide bonds. The molecule has 0 aromatic heterocycles. The van der Waals surface area contributed by atoms with E-state index in [-0.39, 0.29) is 72.1 Å². The van der Waals surface area contributed by atoms with Crippen LogP contribution in [0.15, 0.2) is 0 Å². The molecule has 0 fully saturated rings. The van der Waals surface area contributed by atoms with Gasteiger partial charge in [0, 0.05) is 106 Å². The number of nitrogens with two attached hydrogens (primary N) is 2. The van der Waals surface area contributed by atoms with Gasteiger partial charge in [0.05, 0.1) is 106 Å². The summed E-state index contributed by atoms with van der Waals surface area (Å²) in [4.78, 5) is 169. The first kappa shape index (κ1) is 104. The summed E-state index contributed by atoms with van der Waals surface area (Å²) in [5.41, 5.74) is 9.04. The number of hydrogen-bond acceptors (Lipinski definition) is 24. The molecule has 111 heavy (non-hydrogen) atoms. The normalized spacial score (nSPS) is 13.4. The van der Waals surface area contributed by atoms with Crippen molar-refractivity contribution >= 4 is 70.8 Å². The van der Waals surface area contributed by atoms with Crippen molar-refractivity contribution in [2.45, 2.75) is 263 Å². The van der Waals surface area contributed by atoms with Crippen molar-refractivity contribution < 1.29 is 86.0 Å². The van der Waals surface area contributed by atoms with Gasteiger partial charge in [0.1, 0.15) is 24.2 Å². The third kappa shape index (κ3) is 54.7. The van der Waals surface area contributed by atoms with Crippen molar-refractivity contribution in [2.24, 2.45) is 11.5 Å². The van der Waals surface area contributed by atoms with E-state index in [0.717, 1.165) is 51.4 Å². The summed E-state index contributed by atoms with van der Waals surface area (Å²) in [6, 6.07) is -9.62. The van der Waals surface area contributed by atoms with Gasteiger partial charge in [-0.1, -0.05) is 65.7 Å². The minimum absolute atomic E-state index is 0.0165. The summed E-state index contributed by atoms with van der Waals surface area (Å²) >= 11 is 0. The number of Topliss-reactive ketones (excluding diaryl/α,β-unsaturated/α-hetero) is 1. The quantitative estimate of drug-likeness (QED) is 0.0334. The average molecular weight is 1590 g/mol. The van der Waals surface area contributed by atoms with Gasteiger partial charge >= 0.3 is 0 Å². The topological polar surface area (TPSA) is 493 Å². The molecule has 0 saturated carbocycles. The first-order valence-corrected chi connectivity index (χ1v) is 40.0. The fourth-order valence-corrected chi connectivity index (χ4v) is 10.8. The summed E-state index contributed by atoms with van der Waals surface area (Å²) in [6.45, 7) is 26.3. The zero-order chi connectivity index (χ0) is 83.5. The van der Waals surface area contributed by atoms with Gasteiger partial charge in [-0.15, -0.1) is 0 Å². The molecule has 0 radical (unpaired) electrons. The van der Waals surface area contributed by atoms with Gasteiger partial charge in [-0.2, -0.15) is 0 Å². The third-order valence-corrected chi connectivity index (χ3v) is 17.9. The van der Waals surface area contributed by atoms with Crippen LogP contribution in [0.25, 0.3) is 0 Å². The molecule has 0 spiro atoms. The lowest BCUT2D eigenvalue weighted by atomic mass is 10.0. The van der Waals surface area contributed by atoms with Crippen LogP contribution in [0, 0.1) is 0 Å². The van der Waals surface area contributed by atoms with E-state index in [1.165, 1.54) is 7.05 Å². The Morgan fingerprint density at radius 1 is 0.306 bits per heavy atom. The van der Waals surface area contributed by atoms with Crippen molar-refractivity contribution in [3.05, 3.63) is 0 Å². The van der Waals surface area contributed by atoms with Gasteiger partial charge in [-0.25, -0.2) is 0 Å².